The van der Waals surface area contributed by atoms with Crippen LogP contribution in [0.5, 0.6) is 0 Å². The Morgan fingerprint density at radius 1 is 0.889 bits per heavy atom. The number of aliphatic hydroxyl groups is 4. The van der Waals surface area contributed by atoms with Crippen molar-refractivity contribution in [3.63, 3.8) is 0 Å². The number of fused-ring (bicyclic) bond motifs is 4. The van der Waals surface area contributed by atoms with E-state index in [1.165, 1.54) is 7.11 Å². The number of hydrogen-bond donors (Lipinski definition) is 4. The first-order chi connectivity index (χ1) is 34.2. The summed E-state index contributed by atoms with van der Waals surface area (Å²) in [6.07, 6.45) is 5.04. The number of carbonyl (C=O) groups excluding carboxylic acids is 6. The van der Waals surface area contributed by atoms with Crippen LogP contribution in [0.25, 0.3) is 0 Å². The molecule has 2 aliphatic carbocycles. The lowest BCUT2D eigenvalue weighted by molar-refractivity contribution is -0.265. The van der Waals surface area contributed by atoms with Gasteiger partial charge in [0.1, 0.15) is 30.6 Å². The highest BCUT2D eigenvalue weighted by Crippen LogP contribution is 2.42. The van der Waals surface area contributed by atoms with Crippen LogP contribution in [0.2, 0.25) is 0 Å². The highest BCUT2D eigenvalue weighted by Gasteiger charge is 2.53. The normalized spacial score (nSPS) is 37.9. The van der Waals surface area contributed by atoms with Crippen molar-refractivity contribution >= 4 is 35.4 Å². The van der Waals surface area contributed by atoms with E-state index in [4.69, 9.17) is 33.2 Å². The molecular weight excluding hydrogens is 935 g/mol. The van der Waals surface area contributed by atoms with Gasteiger partial charge in [0.05, 0.1) is 31.0 Å². The van der Waals surface area contributed by atoms with Crippen LogP contribution < -0.4 is 0 Å². The minimum absolute atomic E-state index is 0.0306. The van der Waals surface area contributed by atoms with Gasteiger partial charge in [0.2, 0.25) is 5.79 Å². The Balaban J connectivity index is 1.55. The van der Waals surface area contributed by atoms with E-state index in [0.717, 1.165) is 16.0 Å². The quantitative estimate of drug-likeness (QED) is 0.127. The molecule has 18 nitrogen and oxygen atoms in total. The van der Waals surface area contributed by atoms with E-state index in [9.17, 15) is 49.2 Å². The number of ether oxygens (including phenoxy) is 7. The number of piperidine rings is 1. The van der Waals surface area contributed by atoms with E-state index >= 15 is 0 Å². The molecule has 0 aromatic carbocycles. The summed E-state index contributed by atoms with van der Waals surface area (Å²) in [5, 5.41) is 41.7. The van der Waals surface area contributed by atoms with Gasteiger partial charge in [-0.2, -0.15) is 0 Å². The van der Waals surface area contributed by atoms with Crippen molar-refractivity contribution in [1.82, 2.24) is 4.90 Å². The number of hydrogen-bond acceptors (Lipinski definition) is 17. The molecule has 2 saturated heterocycles. The number of allylic oxidation sites excluding steroid dienone is 6. The summed E-state index contributed by atoms with van der Waals surface area (Å²) in [6, 6.07) is -1.20. The molecule has 1 amide bonds. The molecule has 2 bridgehead atoms. The molecule has 5 aliphatic rings. The number of methoxy groups -OCH3 is 3. The third kappa shape index (κ3) is 14.6. The molecule has 404 valence electrons. The van der Waals surface area contributed by atoms with Gasteiger partial charge in [-0.05, 0) is 107 Å². The van der Waals surface area contributed by atoms with E-state index in [1.54, 1.807) is 53.2 Å². The summed E-state index contributed by atoms with van der Waals surface area (Å²) in [7, 11) is 4.40. The number of cyclic esters (lactones) is 1. The molecule has 3 heterocycles. The molecular formula is C54H81NO17. The minimum Gasteiger partial charge on any atom is -0.460 e. The Morgan fingerprint density at radius 3 is 2.28 bits per heavy atom. The Bertz CT molecular complexity index is 2030. The van der Waals surface area contributed by atoms with Crippen molar-refractivity contribution in [1.29, 1.82) is 0 Å². The number of nitrogens with zero attached hydrogens (tertiary/aromatic N) is 1. The van der Waals surface area contributed by atoms with Crippen molar-refractivity contribution in [3.8, 4) is 0 Å². The van der Waals surface area contributed by atoms with Crippen LogP contribution in [0.15, 0.2) is 47.1 Å². The molecule has 0 aromatic heterocycles. The standard InChI is InChI=1S/C54H81NO17/c1-30-14-10-11-15-39-31(2)24-40(39)47(60)49(68-9)48(71-53(64)69-29-37(57)28-56)34(5)22-32(3)43(59)27-45(33(4)23-36-18-20-42(58)46(25-36)67-8)70-52(63)41-16-12-13-21-55(41)51(62)50(61)54(65)35(6)17-19-38(72-54)26-44(30)66-7/h10-11,14-15,22,31-33,35-38,40-42,44-46,48-49,56-58,65H,12-13,16-21,23-29H2,1-9H3/b11-10+,30-14?,34-22+,39-15-/t31-,32+,33+,35+,36-,37?,38?,40-,41?,42+,44-,45-,46+,48+,49-,54+/m0/s1. The summed E-state index contributed by atoms with van der Waals surface area (Å²) in [5.74, 6) is -8.84. The average molecular weight is 1020 g/mol. The Hall–Kier alpha value is -4.14. The van der Waals surface area contributed by atoms with Gasteiger partial charge in [-0.25, -0.2) is 9.59 Å². The van der Waals surface area contributed by atoms with E-state index in [-0.39, 0.29) is 54.8 Å². The van der Waals surface area contributed by atoms with Gasteiger partial charge in [-0.3, -0.25) is 19.2 Å². The Morgan fingerprint density at radius 2 is 1.61 bits per heavy atom. The zero-order chi connectivity index (χ0) is 53.0. The van der Waals surface area contributed by atoms with E-state index < -0.39 is 121 Å². The summed E-state index contributed by atoms with van der Waals surface area (Å²) in [4.78, 5) is 86.4. The van der Waals surface area contributed by atoms with Gasteiger partial charge in [-0.1, -0.05) is 63.6 Å². The van der Waals surface area contributed by atoms with Gasteiger partial charge < -0.3 is 58.5 Å². The van der Waals surface area contributed by atoms with Crippen molar-refractivity contribution in [3.05, 3.63) is 47.1 Å². The molecule has 72 heavy (non-hydrogen) atoms. The van der Waals surface area contributed by atoms with Gasteiger partial charge in [-0.15, -0.1) is 0 Å². The maximum absolute atomic E-state index is 14.5. The predicted molar refractivity (Wildman–Crippen MR) is 262 cm³/mol. The number of Topliss-reactive ketones (excluding diaryl/α,β-unsaturated/α-hetero) is 3. The molecule has 5 rings (SSSR count). The molecule has 4 fully saturated rings. The summed E-state index contributed by atoms with van der Waals surface area (Å²) in [6.45, 7) is 9.36. The topological polar surface area (TPSA) is 251 Å². The van der Waals surface area contributed by atoms with E-state index in [2.05, 4.69) is 0 Å². The van der Waals surface area contributed by atoms with Crippen LogP contribution in [-0.4, -0.2) is 162 Å². The zero-order valence-electron chi connectivity index (χ0n) is 43.7. The number of ketones is 3. The highest BCUT2D eigenvalue weighted by molar-refractivity contribution is 6.39. The molecule has 0 radical (unpaired) electrons. The molecule has 3 aliphatic heterocycles. The van der Waals surface area contributed by atoms with Crippen LogP contribution >= 0.6 is 0 Å². The molecule has 0 spiro atoms. The van der Waals surface area contributed by atoms with Crippen LogP contribution in [-0.2, 0) is 57.1 Å². The fourth-order valence-corrected chi connectivity index (χ4v) is 11.0. The number of aliphatic hydroxyl groups excluding tert-OH is 3. The van der Waals surface area contributed by atoms with E-state index in [0.29, 0.717) is 57.8 Å². The van der Waals surface area contributed by atoms with Crippen LogP contribution in [0.3, 0.4) is 0 Å². The summed E-state index contributed by atoms with van der Waals surface area (Å²) in [5.41, 5.74) is 1.90. The fraction of sp³-hybridized carbons (Fsp3) is 0.741. The van der Waals surface area contributed by atoms with Crippen molar-refractivity contribution in [2.75, 3.05) is 41.1 Å². The second-order valence-electron chi connectivity index (χ2n) is 20.9. The molecule has 0 aromatic rings. The zero-order valence-corrected chi connectivity index (χ0v) is 43.7. The monoisotopic (exact) mass is 1020 g/mol. The second-order valence-corrected chi connectivity index (χ2v) is 20.9. The Kier molecular flexibility index (Phi) is 21.9. The Labute approximate surface area is 424 Å². The fourth-order valence-electron chi connectivity index (χ4n) is 11.0. The SMILES string of the molecule is CO[C@H]1CC2CC[C@@H](C)[C@@](O)(O2)C(=O)C(=O)N2CCCCC2C(=O)O[C@H]([C@H](C)C[C@@H]2CC[C@@H](O)[C@H](OC)C2)CC(=O)[C@H](C)/C=C(\C)[C@@H](OC(=O)OCC(O)CO)[C@@H](OC)C(=O)[C@H]2C[C@H](C)/C2=C/C=C/C=C1C. The van der Waals surface area contributed by atoms with Gasteiger partial charge in [0.25, 0.3) is 11.7 Å². The number of carbonyl (C=O) groups is 6. The molecule has 16 atom stereocenters. The van der Waals surface area contributed by atoms with E-state index in [1.807, 2.05) is 32.9 Å². The first kappa shape index (κ1) is 58.7. The predicted octanol–water partition coefficient (Wildman–Crippen LogP) is 5.06. The maximum Gasteiger partial charge on any atom is 0.509 e. The van der Waals surface area contributed by atoms with Crippen molar-refractivity contribution in [2.45, 2.75) is 179 Å². The lowest BCUT2D eigenvalue weighted by Gasteiger charge is -2.42. The number of amides is 1. The first-order valence-corrected chi connectivity index (χ1v) is 25.8. The smallest absolute Gasteiger partial charge is 0.460 e. The molecule has 3 unspecified atom stereocenters. The average Bonchev–Trinajstić information content (AvgIpc) is 3.36. The summed E-state index contributed by atoms with van der Waals surface area (Å²) >= 11 is 0. The van der Waals surface area contributed by atoms with Crippen LogP contribution in [0.4, 0.5) is 4.79 Å². The highest BCUT2D eigenvalue weighted by atomic mass is 16.7. The van der Waals surface area contributed by atoms with Crippen molar-refractivity contribution in [2.24, 2.45) is 35.5 Å². The number of esters is 1. The maximum atomic E-state index is 14.5. The largest absolute Gasteiger partial charge is 0.509 e. The molecule has 4 N–H and O–H groups in total. The lowest BCUT2D eigenvalue weighted by Crippen LogP contribution is -2.61. The van der Waals surface area contributed by atoms with Gasteiger partial charge in [0, 0.05) is 58.5 Å². The first-order valence-electron chi connectivity index (χ1n) is 25.8. The second kappa shape index (κ2) is 26.9. The van der Waals surface area contributed by atoms with Crippen LogP contribution in [0, 0.1) is 35.5 Å². The molecule has 18 heteroatoms. The number of rotatable bonds is 10. The third-order valence-electron chi connectivity index (χ3n) is 15.7. The van der Waals surface area contributed by atoms with Gasteiger partial charge in [0.15, 0.2) is 18.0 Å². The third-order valence-corrected chi connectivity index (χ3v) is 15.7. The summed E-state index contributed by atoms with van der Waals surface area (Å²) < 4.78 is 40.5. The molecule has 2 saturated carbocycles. The van der Waals surface area contributed by atoms with Crippen LogP contribution in [0.1, 0.15) is 119 Å². The van der Waals surface area contributed by atoms with Crippen molar-refractivity contribution < 1.29 is 82.4 Å². The minimum atomic E-state index is -2.47. The van der Waals surface area contributed by atoms with Gasteiger partial charge >= 0.3 is 12.1 Å². The lowest BCUT2D eigenvalue weighted by atomic mass is 9.67.